The average Bonchev–Trinajstić information content (AvgIpc) is 3.02. The smallest absolute Gasteiger partial charge is 0.242 e. The molecule has 1 N–H and O–H groups in total. The first kappa shape index (κ1) is 16.5. The van der Waals surface area contributed by atoms with E-state index in [1.165, 1.54) is 11.1 Å². The van der Waals surface area contributed by atoms with E-state index in [0.717, 1.165) is 25.9 Å². The van der Waals surface area contributed by atoms with Crippen LogP contribution in [-0.2, 0) is 4.79 Å². The molecule has 0 fully saturated rings. The van der Waals surface area contributed by atoms with Gasteiger partial charge in [-0.25, -0.2) is 0 Å². The van der Waals surface area contributed by atoms with Crippen molar-refractivity contribution < 1.29 is 9.32 Å². The van der Waals surface area contributed by atoms with Crippen molar-refractivity contribution in [3.63, 3.8) is 0 Å². The molecule has 0 aliphatic carbocycles. The Kier molecular flexibility index (Phi) is 5.11. The van der Waals surface area contributed by atoms with Crippen molar-refractivity contribution in [3.05, 3.63) is 53.8 Å². The lowest BCUT2D eigenvalue weighted by molar-refractivity contribution is -0.121. The van der Waals surface area contributed by atoms with Crippen LogP contribution in [0.1, 0.15) is 31.1 Å². The third-order valence-corrected chi connectivity index (χ3v) is 4.39. The molecule has 1 aliphatic heterocycles. The predicted molar refractivity (Wildman–Crippen MR) is 94.6 cm³/mol. The van der Waals surface area contributed by atoms with E-state index in [0.29, 0.717) is 11.6 Å². The van der Waals surface area contributed by atoms with E-state index in [2.05, 4.69) is 45.7 Å². The molecule has 0 saturated carbocycles. The fraction of sp³-hybridized carbons (Fsp3) is 0.368. The Bertz CT molecular complexity index is 721. The number of rotatable bonds is 5. The summed E-state index contributed by atoms with van der Waals surface area (Å²) >= 11 is 0. The molecule has 1 atom stereocenters. The maximum absolute atomic E-state index is 12.5. The molecule has 0 spiro atoms. The van der Waals surface area contributed by atoms with Crippen molar-refractivity contribution >= 4 is 17.3 Å². The highest BCUT2D eigenvalue weighted by Crippen LogP contribution is 2.24. The van der Waals surface area contributed by atoms with Crippen LogP contribution >= 0.6 is 0 Å². The molecular formula is C19H23N3O2. The van der Waals surface area contributed by atoms with Crippen molar-refractivity contribution in [2.75, 3.05) is 18.4 Å². The number of amides is 1. The molecule has 2 aromatic rings. The Labute approximate surface area is 142 Å². The van der Waals surface area contributed by atoms with E-state index in [9.17, 15) is 4.79 Å². The fourth-order valence-electron chi connectivity index (χ4n) is 3.13. The summed E-state index contributed by atoms with van der Waals surface area (Å²) < 4.78 is 5.00. The van der Waals surface area contributed by atoms with Crippen LogP contribution in [0.5, 0.6) is 0 Å². The number of hydrogen-bond donors (Lipinski definition) is 1. The molecule has 5 nitrogen and oxygen atoms in total. The van der Waals surface area contributed by atoms with Crippen LogP contribution in [0, 0.1) is 6.92 Å². The highest BCUT2D eigenvalue weighted by atomic mass is 16.5. The lowest BCUT2D eigenvalue weighted by Gasteiger charge is -2.32. The minimum absolute atomic E-state index is 0.0256. The van der Waals surface area contributed by atoms with E-state index in [1.54, 1.807) is 13.0 Å². The summed E-state index contributed by atoms with van der Waals surface area (Å²) in [5.41, 5.74) is 2.63. The zero-order valence-corrected chi connectivity index (χ0v) is 14.2. The predicted octanol–water partition coefficient (Wildman–Crippen LogP) is 3.49. The van der Waals surface area contributed by atoms with Crippen molar-refractivity contribution in [1.82, 2.24) is 10.1 Å². The molecular weight excluding hydrogens is 302 g/mol. The van der Waals surface area contributed by atoms with E-state index < -0.39 is 0 Å². The molecule has 1 aliphatic rings. The number of anilines is 1. The molecule has 1 aromatic heterocycles. The van der Waals surface area contributed by atoms with Gasteiger partial charge in [0.05, 0.1) is 6.04 Å². The third-order valence-electron chi connectivity index (χ3n) is 4.39. The molecule has 24 heavy (non-hydrogen) atoms. The number of carbonyl (C=O) groups is 1. The minimum atomic E-state index is -0.157. The van der Waals surface area contributed by atoms with Crippen LogP contribution < -0.4 is 5.32 Å². The van der Waals surface area contributed by atoms with Gasteiger partial charge in [-0.3, -0.25) is 9.69 Å². The number of aryl methyl sites for hydroxylation is 1. The SMILES string of the molecule is CC[C@H](C(=O)Nc1cc(C)on1)N1CC=C(c2ccccc2)CC1. The third kappa shape index (κ3) is 3.74. The number of nitrogens with zero attached hydrogens (tertiary/aromatic N) is 2. The number of hydrogen-bond acceptors (Lipinski definition) is 4. The molecule has 5 heteroatoms. The highest BCUT2D eigenvalue weighted by molar-refractivity contribution is 5.94. The van der Waals surface area contributed by atoms with Crippen molar-refractivity contribution in [3.8, 4) is 0 Å². The lowest BCUT2D eigenvalue weighted by atomic mass is 9.98. The average molecular weight is 325 g/mol. The highest BCUT2D eigenvalue weighted by Gasteiger charge is 2.26. The van der Waals surface area contributed by atoms with Gasteiger partial charge >= 0.3 is 0 Å². The molecule has 0 unspecified atom stereocenters. The van der Waals surface area contributed by atoms with Gasteiger partial charge in [0.2, 0.25) is 5.91 Å². The Morgan fingerprint density at radius 3 is 2.75 bits per heavy atom. The van der Waals surface area contributed by atoms with Gasteiger partial charge in [-0.2, -0.15) is 0 Å². The maximum Gasteiger partial charge on any atom is 0.242 e. The first-order valence-corrected chi connectivity index (χ1v) is 8.40. The molecule has 126 valence electrons. The number of carbonyl (C=O) groups excluding carboxylic acids is 1. The Morgan fingerprint density at radius 2 is 2.17 bits per heavy atom. The van der Waals surface area contributed by atoms with Crippen molar-refractivity contribution in [2.45, 2.75) is 32.7 Å². The molecule has 1 aromatic carbocycles. The van der Waals surface area contributed by atoms with Crippen LogP contribution in [0.15, 0.2) is 47.0 Å². The quantitative estimate of drug-likeness (QED) is 0.914. The van der Waals surface area contributed by atoms with Gasteiger partial charge in [0.1, 0.15) is 5.76 Å². The summed E-state index contributed by atoms with van der Waals surface area (Å²) in [5.74, 6) is 1.14. The van der Waals surface area contributed by atoms with Gasteiger partial charge in [0.15, 0.2) is 5.82 Å². The zero-order valence-electron chi connectivity index (χ0n) is 14.2. The normalized spacial score (nSPS) is 16.5. The van der Waals surface area contributed by atoms with Crippen molar-refractivity contribution in [1.29, 1.82) is 0 Å². The van der Waals surface area contributed by atoms with E-state index >= 15 is 0 Å². The van der Waals surface area contributed by atoms with Gasteiger partial charge in [-0.15, -0.1) is 0 Å². The van der Waals surface area contributed by atoms with E-state index in [-0.39, 0.29) is 11.9 Å². The van der Waals surface area contributed by atoms with Crippen molar-refractivity contribution in [2.24, 2.45) is 0 Å². The van der Waals surface area contributed by atoms with Crippen LogP contribution in [0.3, 0.4) is 0 Å². The van der Waals surface area contributed by atoms with Gasteiger partial charge in [-0.1, -0.05) is 48.5 Å². The van der Waals surface area contributed by atoms with Crippen LogP contribution in [0.2, 0.25) is 0 Å². The number of nitrogens with one attached hydrogen (secondary N) is 1. The summed E-state index contributed by atoms with van der Waals surface area (Å²) in [6.45, 7) is 5.51. The van der Waals surface area contributed by atoms with Gasteiger partial charge in [-0.05, 0) is 30.9 Å². The van der Waals surface area contributed by atoms with Crippen LogP contribution in [0.4, 0.5) is 5.82 Å². The van der Waals surface area contributed by atoms with Crippen LogP contribution in [-0.4, -0.2) is 35.1 Å². The monoisotopic (exact) mass is 325 g/mol. The summed E-state index contributed by atoms with van der Waals surface area (Å²) in [6.07, 6.45) is 3.95. The van der Waals surface area contributed by atoms with Crippen LogP contribution in [0.25, 0.3) is 5.57 Å². The topological polar surface area (TPSA) is 58.4 Å². The molecule has 0 saturated heterocycles. The van der Waals surface area contributed by atoms with E-state index in [1.807, 2.05) is 13.0 Å². The first-order valence-electron chi connectivity index (χ1n) is 8.40. The maximum atomic E-state index is 12.5. The Hall–Kier alpha value is -2.40. The number of aromatic nitrogens is 1. The fourth-order valence-corrected chi connectivity index (χ4v) is 3.13. The summed E-state index contributed by atoms with van der Waals surface area (Å²) in [4.78, 5) is 14.8. The molecule has 1 amide bonds. The van der Waals surface area contributed by atoms with E-state index in [4.69, 9.17) is 4.52 Å². The molecule has 0 radical (unpaired) electrons. The molecule has 3 rings (SSSR count). The lowest BCUT2D eigenvalue weighted by Crippen LogP contribution is -2.45. The number of benzene rings is 1. The van der Waals surface area contributed by atoms with Gasteiger partial charge in [0.25, 0.3) is 0 Å². The largest absolute Gasteiger partial charge is 0.360 e. The standard InChI is InChI=1S/C19H23N3O2/c1-3-17(19(23)20-18-13-14(2)24-21-18)22-11-9-16(10-12-22)15-7-5-4-6-8-15/h4-9,13,17H,3,10-12H2,1-2H3,(H,20,21,23)/t17-/m1/s1. The first-order chi connectivity index (χ1) is 11.7. The second-order valence-corrected chi connectivity index (χ2v) is 6.08. The molecule has 2 heterocycles. The second kappa shape index (κ2) is 7.45. The Balaban J connectivity index is 1.64. The summed E-state index contributed by atoms with van der Waals surface area (Å²) in [7, 11) is 0. The Morgan fingerprint density at radius 1 is 1.38 bits per heavy atom. The van der Waals surface area contributed by atoms with Gasteiger partial charge in [0, 0.05) is 19.2 Å². The van der Waals surface area contributed by atoms with Gasteiger partial charge < -0.3 is 9.84 Å². The summed E-state index contributed by atoms with van der Waals surface area (Å²) in [5, 5.41) is 6.68. The zero-order chi connectivity index (χ0) is 16.9. The minimum Gasteiger partial charge on any atom is -0.360 e. The summed E-state index contributed by atoms with van der Waals surface area (Å²) in [6, 6.07) is 12.0. The second-order valence-electron chi connectivity index (χ2n) is 6.08. The molecule has 0 bridgehead atoms.